The molecule has 0 aliphatic carbocycles. The van der Waals surface area contributed by atoms with Crippen LogP contribution in [0.3, 0.4) is 0 Å². The van der Waals surface area contributed by atoms with E-state index in [9.17, 15) is 4.39 Å². The first kappa shape index (κ1) is 18.2. The van der Waals surface area contributed by atoms with Crippen molar-refractivity contribution in [3.05, 3.63) is 46.2 Å². The van der Waals surface area contributed by atoms with Gasteiger partial charge in [-0.1, -0.05) is 6.07 Å². The average molecular weight is 350 g/mol. The maximum atomic E-state index is 13.1. The molecule has 130 valence electrons. The van der Waals surface area contributed by atoms with Gasteiger partial charge < -0.3 is 15.4 Å². The van der Waals surface area contributed by atoms with Crippen molar-refractivity contribution >= 4 is 17.3 Å². The predicted octanol–water partition coefficient (Wildman–Crippen LogP) is 2.77. The maximum Gasteiger partial charge on any atom is 0.191 e. The molecule has 0 saturated carbocycles. The number of aromatic nitrogens is 1. The Balaban J connectivity index is 1.70. The lowest BCUT2D eigenvalue weighted by molar-refractivity contribution is 0.223. The third-order valence-corrected chi connectivity index (χ3v) is 4.19. The standard InChI is InChI=1S/C17H23FN4OS/c1-12(23-15-6-4-5-14(18)9-15)10-22-17(19-3)20-8-7-16-21-11-13(2)24-16/h4-6,9,11-12H,7-8,10H2,1-3H3,(H2,19,20,22). The summed E-state index contributed by atoms with van der Waals surface area (Å²) >= 11 is 1.71. The number of guanidine groups is 1. The molecule has 0 aliphatic heterocycles. The van der Waals surface area contributed by atoms with Crippen LogP contribution in [0.2, 0.25) is 0 Å². The van der Waals surface area contributed by atoms with E-state index in [1.165, 1.54) is 17.0 Å². The zero-order valence-electron chi connectivity index (χ0n) is 14.2. The molecule has 5 nitrogen and oxygen atoms in total. The molecule has 0 radical (unpaired) electrons. The molecule has 1 atom stereocenters. The van der Waals surface area contributed by atoms with Crippen LogP contribution in [0.25, 0.3) is 0 Å². The number of hydrogen-bond acceptors (Lipinski definition) is 4. The van der Waals surface area contributed by atoms with Gasteiger partial charge in [0.1, 0.15) is 17.7 Å². The summed E-state index contributed by atoms with van der Waals surface area (Å²) in [6, 6.07) is 6.14. The highest BCUT2D eigenvalue weighted by atomic mass is 32.1. The van der Waals surface area contributed by atoms with Crippen LogP contribution in [0.5, 0.6) is 5.75 Å². The number of halogens is 1. The highest BCUT2D eigenvalue weighted by Gasteiger charge is 2.07. The van der Waals surface area contributed by atoms with Crippen LogP contribution < -0.4 is 15.4 Å². The lowest BCUT2D eigenvalue weighted by Crippen LogP contribution is -2.42. The molecule has 2 N–H and O–H groups in total. The Kier molecular flexibility index (Phi) is 6.99. The van der Waals surface area contributed by atoms with Crippen molar-refractivity contribution in [2.24, 2.45) is 4.99 Å². The summed E-state index contributed by atoms with van der Waals surface area (Å²) in [5.41, 5.74) is 0. The molecule has 0 fully saturated rings. The minimum atomic E-state index is -0.303. The van der Waals surface area contributed by atoms with Crippen molar-refractivity contribution in [3.63, 3.8) is 0 Å². The predicted molar refractivity (Wildman–Crippen MR) is 96.4 cm³/mol. The van der Waals surface area contributed by atoms with E-state index in [1.54, 1.807) is 30.5 Å². The van der Waals surface area contributed by atoms with Crippen molar-refractivity contribution in [2.75, 3.05) is 20.1 Å². The molecule has 2 rings (SSSR count). The van der Waals surface area contributed by atoms with Gasteiger partial charge in [-0.05, 0) is 26.0 Å². The van der Waals surface area contributed by atoms with Crippen LogP contribution >= 0.6 is 11.3 Å². The van der Waals surface area contributed by atoms with Gasteiger partial charge in [0.05, 0.1) is 11.6 Å². The molecule has 24 heavy (non-hydrogen) atoms. The third-order valence-electron chi connectivity index (χ3n) is 3.21. The monoisotopic (exact) mass is 350 g/mol. The fourth-order valence-electron chi connectivity index (χ4n) is 2.08. The first-order valence-electron chi connectivity index (χ1n) is 7.85. The van der Waals surface area contributed by atoms with Gasteiger partial charge >= 0.3 is 0 Å². The minimum absolute atomic E-state index is 0.119. The van der Waals surface area contributed by atoms with Crippen LogP contribution in [-0.4, -0.2) is 37.2 Å². The highest BCUT2D eigenvalue weighted by Crippen LogP contribution is 2.13. The summed E-state index contributed by atoms with van der Waals surface area (Å²) in [5, 5.41) is 7.55. The lowest BCUT2D eigenvalue weighted by atomic mass is 10.3. The van der Waals surface area contributed by atoms with E-state index in [4.69, 9.17) is 4.74 Å². The van der Waals surface area contributed by atoms with E-state index < -0.39 is 0 Å². The minimum Gasteiger partial charge on any atom is -0.489 e. The van der Waals surface area contributed by atoms with Crippen LogP contribution in [0, 0.1) is 12.7 Å². The fourth-order valence-corrected chi connectivity index (χ4v) is 2.87. The van der Waals surface area contributed by atoms with E-state index in [1.807, 2.05) is 13.1 Å². The Bertz CT molecular complexity index is 674. The normalized spacial score (nSPS) is 12.8. The van der Waals surface area contributed by atoms with E-state index in [-0.39, 0.29) is 11.9 Å². The van der Waals surface area contributed by atoms with E-state index >= 15 is 0 Å². The van der Waals surface area contributed by atoms with Gasteiger partial charge in [-0.25, -0.2) is 9.37 Å². The summed E-state index contributed by atoms with van der Waals surface area (Å²) in [5.74, 6) is 0.923. The third kappa shape index (κ3) is 6.16. The molecular weight excluding hydrogens is 327 g/mol. The zero-order valence-corrected chi connectivity index (χ0v) is 15.0. The zero-order chi connectivity index (χ0) is 17.4. The van der Waals surface area contributed by atoms with Crippen LogP contribution in [-0.2, 0) is 6.42 Å². The second-order valence-corrected chi connectivity index (χ2v) is 6.70. The molecule has 0 bridgehead atoms. The van der Waals surface area contributed by atoms with Crippen molar-refractivity contribution in [2.45, 2.75) is 26.4 Å². The number of aryl methyl sites for hydroxylation is 1. The van der Waals surface area contributed by atoms with Gasteiger partial charge in [0.2, 0.25) is 0 Å². The summed E-state index contributed by atoms with van der Waals surface area (Å²) in [6.07, 6.45) is 2.62. The Hall–Kier alpha value is -2.15. The molecule has 1 aromatic carbocycles. The summed E-state index contributed by atoms with van der Waals surface area (Å²) in [6.45, 7) is 5.29. The summed E-state index contributed by atoms with van der Waals surface area (Å²) < 4.78 is 18.8. The molecule has 0 saturated heterocycles. The molecule has 0 spiro atoms. The average Bonchev–Trinajstić information content (AvgIpc) is 2.96. The molecule has 1 aromatic heterocycles. The molecule has 1 heterocycles. The number of rotatable bonds is 7. The first-order valence-corrected chi connectivity index (χ1v) is 8.66. The molecule has 7 heteroatoms. The van der Waals surface area contributed by atoms with Gasteiger partial charge in [-0.2, -0.15) is 0 Å². The van der Waals surface area contributed by atoms with Crippen molar-refractivity contribution < 1.29 is 9.13 Å². The topological polar surface area (TPSA) is 58.5 Å². The van der Waals surface area contributed by atoms with Gasteiger partial charge in [-0.3, -0.25) is 4.99 Å². The number of benzene rings is 1. The number of thiazole rings is 1. The van der Waals surface area contributed by atoms with Crippen molar-refractivity contribution in [3.8, 4) is 5.75 Å². The quantitative estimate of drug-likeness (QED) is 0.595. The molecule has 1 unspecified atom stereocenters. The van der Waals surface area contributed by atoms with Crippen LogP contribution in [0.1, 0.15) is 16.8 Å². The number of nitrogens with zero attached hydrogens (tertiary/aromatic N) is 2. The van der Waals surface area contributed by atoms with E-state index in [0.29, 0.717) is 18.3 Å². The van der Waals surface area contributed by atoms with E-state index in [0.717, 1.165) is 18.0 Å². The van der Waals surface area contributed by atoms with Gasteiger partial charge in [0, 0.05) is 37.2 Å². The SMILES string of the molecule is CN=C(NCCc1ncc(C)s1)NCC(C)Oc1cccc(F)c1. The first-order chi connectivity index (χ1) is 11.6. The Morgan fingerprint density at radius 2 is 2.25 bits per heavy atom. The fraction of sp³-hybridized carbons (Fsp3) is 0.412. The highest BCUT2D eigenvalue weighted by molar-refractivity contribution is 7.11. The Labute approximate surface area is 146 Å². The molecular formula is C17H23FN4OS. The largest absolute Gasteiger partial charge is 0.489 e. The van der Waals surface area contributed by atoms with Gasteiger partial charge in [-0.15, -0.1) is 11.3 Å². The van der Waals surface area contributed by atoms with Crippen LogP contribution in [0.4, 0.5) is 4.39 Å². The summed E-state index contributed by atoms with van der Waals surface area (Å²) in [4.78, 5) is 9.73. The molecule has 2 aromatic rings. The molecule has 0 aliphatic rings. The van der Waals surface area contributed by atoms with Gasteiger partial charge in [0.25, 0.3) is 0 Å². The lowest BCUT2D eigenvalue weighted by Gasteiger charge is -2.17. The smallest absolute Gasteiger partial charge is 0.191 e. The Morgan fingerprint density at radius 3 is 2.92 bits per heavy atom. The summed E-state index contributed by atoms with van der Waals surface area (Å²) in [7, 11) is 1.72. The number of ether oxygens (including phenoxy) is 1. The molecule has 0 amide bonds. The second kappa shape index (κ2) is 9.22. The van der Waals surface area contributed by atoms with Crippen molar-refractivity contribution in [1.29, 1.82) is 0 Å². The second-order valence-electron chi connectivity index (χ2n) is 5.38. The number of aliphatic imine (C=N–C) groups is 1. The van der Waals surface area contributed by atoms with Gasteiger partial charge in [0.15, 0.2) is 5.96 Å². The number of nitrogens with one attached hydrogen (secondary N) is 2. The van der Waals surface area contributed by atoms with Crippen molar-refractivity contribution in [1.82, 2.24) is 15.6 Å². The number of hydrogen-bond donors (Lipinski definition) is 2. The Morgan fingerprint density at radius 1 is 1.42 bits per heavy atom. The van der Waals surface area contributed by atoms with E-state index in [2.05, 4.69) is 27.5 Å². The van der Waals surface area contributed by atoms with Crippen LogP contribution in [0.15, 0.2) is 35.5 Å². The maximum absolute atomic E-state index is 13.1.